The quantitative estimate of drug-likeness (QED) is 0.563. The number of rotatable bonds is 1. The molecule has 1 aliphatic rings. The van der Waals surface area contributed by atoms with Crippen molar-refractivity contribution in [3.05, 3.63) is 17.5 Å². The third kappa shape index (κ3) is 1.92. The summed E-state index contributed by atoms with van der Waals surface area (Å²) in [7, 11) is 0. The van der Waals surface area contributed by atoms with E-state index in [4.69, 9.17) is 0 Å². The number of aryl methyl sites for hydroxylation is 1. The number of alkyl halides is 3. The fourth-order valence-electron chi connectivity index (χ4n) is 1.86. The minimum absolute atomic E-state index is 0.215. The minimum atomic E-state index is -5.17. The number of aromatic nitrogens is 2. The van der Waals surface area contributed by atoms with E-state index in [-0.39, 0.29) is 5.69 Å². The van der Waals surface area contributed by atoms with Crippen LogP contribution in [0, 0.1) is 0 Å². The lowest BCUT2D eigenvalue weighted by molar-refractivity contribution is -1.01. The Morgan fingerprint density at radius 2 is 2.18 bits per heavy atom. The Morgan fingerprint density at radius 3 is 2.65 bits per heavy atom. The Labute approximate surface area is 94.0 Å². The van der Waals surface area contributed by atoms with Gasteiger partial charge in [-0.15, -0.1) is 0 Å². The normalized spacial score (nSPS) is 23.8. The van der Waals surface area contributed by atoms with Gasteiger partial charge in [0.1, 0.15) is 5.69 Å². The molecule has 0 fully saturated rings. The summed E-state index contributed by atoms with van der Waals surface area (Å²) < 4.78 is 49.8. The first-order valence-electron chi connectivity index (χ1n) is 5.00. The van der Waals surface area contributed by atoms with Gasteiger partial charge in [0.2, 0.25) is 0 Å². The standard InChI is InChI=1S/C9H10F4N3O/c1-2-15-3-6-4-16(13,5-7(6)14-15)8(17)9(10,11)12/h3H,2,4-5H2,1H3/q+1. The molecule has 0 radical (unpaired) electrons. The summed E-state index contributed by atoms with van der Waals surface area (Å²) >= 11 is 0. The number of nitrogens with zero attached hydrogens (tertiary/aromatic N) is 3. The van der Waals surface area contributed by atoms with Gasteiger partial charge in [0, 0.05) is 17.2 Å². The molecule has 4 nitrogen and oxygen atoms in total. The molecular weight excluding hydrogens is 242 g/mol. The summed E-state index contributed by atoms with van der Waals surface area (Å²) in [6.45, 7) is 1.10. The molecule has 1 aromatic rings. The van der Waals surface area contributed by atoms with Crippen LogP contribution in [0.25, 0.3) is 0 Å². The average Bonchev–Trinajstić information content (AvgIpc) is 2.70. The number of hydrogen-bond donors (Lipinski definition) is 0. The zero-order valence-corrected chi connectivity index (χ0v) is 8.96. The van der Waals surface area contributed by atoms with Crippen molar-refractivity contribution in [2.45, 2.75) is 32.7 Å². The number of fused-ring (bicyclic) bond motifs is 1. The fraction of sp³-hybridized carbons (Fsp3) is 0.556. The fourth-order valence-corrected chi connectivity index (χ4v) is 1.86. The van der Waals surface area contributed by atoms with Crippen LogP contribution < -0.4 is 0 Å². The Bertz CT molecular complexity index is 442. The van der Waals surface area contributed by atoms with Crippen molar-refractivity contribution in [3.8, 4) is 0 Å². The predicted octanol–water partition coefficient (Wildman–Crippen LogP) is 1.71. The van der Waals surface area contributed by atoms with E-state index in [9.17, 15) is 22.4 Å². The van der Waals surface area contributed by atoms with E-state index in [1.165, 1.54) is 10.9 Å². The molecule has 8 heteroatoms. The highest BCUT2D eigenvalue weighted by Crippen LogP contribution is 2.35. The number of halogens is 4. The maximum Gasteiger partial charge on any atom is 0.513 e. The third-order valence-corrected chi connectivity index (χ3v) is 2.68. The number of carbonyl (C=O) groups is 1. The Hall–Kier alpha value is -1.44. The molecule has 1 atom stereocenters. The highest BCUT2D eigenvalue weighted by atomic mass is 19.4. The summed E-state index contributed by atoms with van der Waals surface area (Å²) in [5.41, 5.74) is 0.568. The van der Waals surface area contributed by atoms with Gasteiger partial charge in [-0.25, -0.2) is 4.79 Å². The van der Waals surface area contributed by atoms with E-state index in [0.29, 0.717) is 12.1 Å². The van der Waals surface area contributed by atoms with Crippen molar-refractivity contribution in [2.24, 2.45) is 0 Å². The lowest BCUT2D eigenvalue weighted by Crippen LogP contribution is -2.48. The number of quaternary nitrogens is 1. The van der Waals surface area contributed by atoms with Crippen molar-refractivity contribution in [3.63, 3.8) is 0 Å². The van der Waals surface area contributed by atoms with Crippen molar-refractivity contribution in [2.75, 3.05) is 0 Å². The van der Waals surface area contributed by atoms with Crippen molar-refractivity contribution in [1.29, 1.82) is 0 Å². The van der Waals surface area contributed by atoms with E-state index >= 15 is 0 Å². The molecule has 1 amide bonds. The maximum absolute atomic E-state index is 13.9. The van der Waals surface area contributed by atoms with E-state index < -0.39 is 29.9 Å². The molecule has 0 N–H and O–H groups in total. The average molecular weight is 252 g/mol. The van der Waals surface area contributed by atoms with Gasteiger partial charge in [0.05, 0.1) is 5.56 Å². The highest BCUT2D eigenvalue weighted by molar-refractivity contribution is 5.75. The van der Waals surface area contributed by atoms with Gasteiger partial charge in [-0.3, -0.25) is 4.68 Å². The Balaban J connectivity index is 2.24. The van der Waals surface area contributed by atoms with E-state index in [0.717, 1.165) is 0 Å². The molecule has 0 aliphatic carbocycles. The largest absolute Gasteiger partial charge is 0.513 e. The van der Waals surface area contributed by atoms with Crippen LogP contribution in [0.1, 0.15) is 18.2 Å². The lowest BCUT2D eigenvalue weighted by Gasteiger charge is -2.18. The lowest BCUT2D eigenvalue weighted by atomic mass is 10.3. The SMILES string of the molecule is CCn1cc2c(n1)C[N+](F)(C(=O)C(F)(F)F)C2. The first-order chi connectivity index (χ1) is 7.76. The van der Waals surface area contributed by atoms with Crippen LogP contribution in [0.5, 0.6) is 0 Å². The van der Waals surface area contributed by atoms with Crippen molar-refractivity contribution in [1.82, 2.24) is 9.78 Å². The van der Waals surface area contributed by atoms with Gasteiger partial charge in [0.15, 0.2) is 13.1 Å². The molecule has 0 saturated carbocycles. The van der Waals surface area contributed by atoms with Gasteiger partial charge in [-0.1, -0.05) is 4.71 Å². The molecule has 0 saturated heterocycles. The van der Waals surface area contributed by atoms with Gasteiger partial charge in [0.25, 0.3) is 0 Å². The molecule has 2 rings (SSSR count). The monoisotopic (exact) mass is 252 g/mol. The number of amides is 1. The number of carbonyl (C=O) groups excluding carboxylic acids is 1. The van der Waals surface area contributed by atoms with Crippen LogP contribution in [0.3, 0.4) is 0 Å². The van der Waals surface area contributed by atoms with Crippen LogP contribution in [-0.4, -0.2) is 26.6 Å². The van der Waals surface area contributed by atoms with Crippen molar-refractivity contribution >= 4 is 5.91 Å². The molecule has 0 spiro atoms. The van der Waals surface area contributed by atoms with E-state index in [1.807, 2.05) is 0 Å². The molecular formula is C9H10F4N3O+. The van der Waals surface area contributed by atoms with Gasteiger partial charge < -0.3 is 0 Å². The molecule has 94 valence electrons. The summed E-state index contributed by atoms with van der Waals surface area (Å²) in [5, 5.41) is 3.91. The van der Waals surface area contributed by atoms with Gasteiger partial charge in [-0.05, 0) is 6.92 Å². The topological polar surface area (TPSA) is 34.9 Å². The Kier molecular flexibility index (Phi) is 2.49. The summed E-state index contributed by atoms with van der Waals surface area (Å²) in [6, 6.07) is 0. The van der Waals surface area contributed by atoms with Crippen LogP contribution >= 0.6 is 0 Å². The molecule has 0 bridgehead atoms. The van der Waals surface area contributed by atoms with Crippen LogP contribution in [0.2, 0.25) is 0 Å². The van der Waals surface area contributed by atoms with Gasteiger partial charge >= 0.3 is 12.1 Å². The zero-order chi connectivity index (χ0) is 12.8. The van der Waals surface area contributed by atoms with Crippen LogP contribution in [0.15, 0.2) is 6.20 Å². The summed E-state index contributed by atoms with van der Waals surface area (Å²) in [6.07, 6.45) is -3.70. The van der Waals surface area contributed by atoms with Crippen LogP contribution in [0.4, 0.5) is 17.7 Å². The maximum atomic E-state index is 13.9. The molecule has 1 aliphatic heterocycles. The molecule has 1 unspecified atom stereocenters. The van der Waals surface area contributed by atoms with Gasteiger partial charge in [-0.2, -0.15) is 18.3 Å². The summed E-state index contributed by atoms with van der Waals surface area (Å²) in [4.78, 5) is 10.9. The predicted molar refractivity (Wildman–Crippen MR) is 47.7 cm³/mol. The minimum Gasteiger partial charge on any atom is -0.272 e. The molecule has 1 aromatic heterocycles. The second-order valence-electron chi connectivity index (χ2n) is 3.94. The molecule has 0 aromatic carbocycles. The summed E-state index contributed by atoms with van der Waals surface area (Å²) in [5.74, 6) is -2.38. The van der Waals surface area contributed by atoms with Crippen molar-refractivity contribution < 1.29 is 27.2 Å². The first-order valence-corrected chi connectivity index (χ1v) is 5.00. The number of hydrogen-bond acceptors (Lipinski definition) is 2. The second-order valence-corrected chi connectivity index (χ2v) is 3.94. The second kappa shape index (κ2) is 3.52. The molecule has 2 heterocycles. The third-order valence-electron chi connectivity index (χ3n) is 2.68. The smallest absolute Gasteiger partial charge is 0.272 e. The van der Waals surface area contributed by atoms with Crippen LogP contribution in [-0.2, 0) is 24.4 Å². The highest BCUT2D eigenvalue weighted by Gasteiger charge is 2.60. The van der Waals surface area contributed by atoms with E-state index in [2.05, 4.69) is 5.10 Å². The van der Waals surface area contributed by atoms with E-state index in [1.54, 1.807) is 6.92 Å². The first kappa shape index (κ1) is 12.0. The molecule has 17 heavy (non-hydrogen) atoms. The Morgan fingerprint density at radius 1 is 1.53 bits per heavy atom. The zero-order valence-electron chi connectivity index (χ0n) is 8.96.